The molecule has 0 aliphatic carbocycles. The van der Waals surface area contributed by atoms with Crippen molar-refractivity contribution < 1.29 is 9.50 Å². The van der Waals surface area contributed by atoms with Gasteiger partial charge >= 0.3 is 0 Å². The monoisotopic (exact) mass is 366 g/mol. The molecule has 3 nitrogen and oxygen atoms in total. The van der Waals surface area contributed by atoms with Gasteiger partial charge in [-0.15, -0.1) is 0 Å². The minimum absolute atomic E-state index is 0.215. The lowest BCUT2D eigenvalue weighted by atomic mass is 10.1. The van der Waals surface area contributed by atoms with Crippen molar-refractivity contribution in [2.45, 2.75) is 45.1 Å². The molecule has 0 aliphatic heterocycles. The standard InChI is InChI=1S/C13H20FIN2O/c1-2-3-5-11(18)6-4-7-16-13-9-10(15)8-12(14)17-13/h8-9,11,18H,2-7H2,1H3,(H,16,17). The summed E-state index contributed by atoms with van der Waals surface area (Å²) in [5, 5.41) is 12.7. The van der Waals surface area contributed by atoms with Gasteiger partial charge in [-0.05, 0) is 47.9 Å². The van der Waals surface area contributed by atoms with Crippen molar-refractivity contribution in [3.8, 4) is 0 Å². The molecule has 1 rings (SSSR count). The summed E-state index contributed by atoms with van der Waals surface area (Å²) in [4.78, 5) is 3.76. The molecular weight excluding hydrogens is 346 g/mol. The van der Waals surface area contributed by atoms with Gasteiger partial charge in [0.1, 0.15) is 5.82 Å². The van der Waals surface area contributed by atoms with Gasteiger partial charge in [0.05, 0.1) is 6.10 Å². The third-order valence-electron chi connectivity index (χ3n) is 2.67. The van der Waals surface area contributed by atoms with Gasteiger partial charge in [0, 0.05) is 16.2 Å². The van der Waals surface area contributed by atoms with E-state index in [1.54, 1.807) is 6.07 Å². The van der Waals surface area contributed by atoms with E-state index in [1.807, 2.05) is 0 Å². The SMILES string of the molecule is CCCCC(O)CCCNc1cc(I)cc(F)n1. The van der Waals surface area contributed by atoms with Gasteiger partial charge in [0.15, 0.2) is 0 Å². The molecule has 1 aromatic heterocycles. The first kappa shape index (κ1) is 15.6. The topological polar surface area (TPSA) is 45.1 Å². The molecular formula is C13H20FIN2O. The minimum Gasteiger partial charge on any atom is -0.393 e. The van der Waals surface area contributed by atoms with Crippen LogP contribution in [0.3, 0.4) is 0 Å². The summed E-state index contributed by atoms with van der Waals surface area (Å²) in [6, 6.07) is 3.19. The third kappa shape index (κ3) is 6.49. The second-order valence-corrected chi connectivity index (χ2v) is 5.60. The molecule has 0 saturated heterocycles. The Morgan fingerprint density at radius 1 is 1.39 bits per heavy atom. The lowest BCUT2D eigenvalue weighted by molar-refractivity contribution is 0.150. The summed E-state index contributed by atoms with van der Waals surface area (Å²) in [5.74, 6) is 0.0924. The van der Waals surface area contributed by atoms with E-state index in [4.69, 9.17) is 0 Å². The number of aromatic nitrogens is 1. The van der Waals surface area contributed by atoms with Crippen LogP contribution < -0.4 is 5.32 Å². The van der Waals surface area contributed by atoms with Crippen LogP contribution in [0, 0.1) is 9.52 Å². The molecule has 0 bridgehead atoms. The van der Waals surface area contributed by atoms with Crippen molar-refractivity contribution in [3.63, 3.8) is 0 Å². The van der Waals surface area contributed by atoms with Crippen LogP contribution in [0.2, 0.25) is 0 Å². The number of nitrogens with zero attached hydrogens (tertiary/aromatic N) is 1. The van der Waals surface area contributed by atoms with E-state index in [9.17, 15) is 9.50 Å². The lowest BCUT2D eigenvalue weighted by Crippen LogP contribution is -2.10. The number of halogens is 2. The molecule has 18 heavy (non-hydrogen) atoms. The van der Waals surface area contributed by atoms with Gasteiger partial charge < -0.3 is 10.4 Å². The number of anilines is 1. The molecule has 0 aromatic carbocycles. The fraction of sp³-hybridized carbons (Fsp3) is 0.615. The van der Waals surface area contributed by atoms with Gasteiger partial charge in [-0.3, -0.25) is 0 Å². The second kappa shape index (κ2) is 8.63. The van der Waals surface area contributed by atoms with Crippen LogP contribution in [0.25, 0.3) is 0 Å². The highest BCUT2D eigenvalue weighted by molar-refractivity contribution is 14.1. The Labute approximate surface area is 121 Å². The van der Waals surface area contributed by atoms with E-state index in [-0.39, 0.29) is 6.10 Å². The lowest BCUT2D eigenvalue weighted by Gasteiger charge is -2.10. The van der Waals surface area contributed by atoms with Crippen molar-refractivity contribution in [3.05, 3.63) is 21.7 Å². The third-order valence-corrected chi connectivity index (χ3v) is 3.29. The predicted octanol–water partition coefficient (Wildman–Crippen LogP) is 3.57. The average molecular weight is 366 g/mol. The molecule has 0 aliphatic rings. The average Bonchev–Trinajstić information content (AvgIpc) is 2.31. The number of nitrogens with one attached hydrogen (secondary N) is 1. The molecule has 1 heterocycles. The van der Waals surface area contributed by atoms with Gasteiger partial charge in [0.25, 0.3) is 0 Å². The quantitative estimate of drug-likeness (QED) is 0.420. The van der Waals surface area contributed by atoms with E-state index in [0.717, 1.165) is 35.7 Å². The molecule has 0 radical (unpaired) electrons. The van der Waals surface area contributed by atoms with Crippen LogP contribution >= 0.6 is 22.6 Å². The van der Waals surface area contributed by atoms with Crippen molar-refractivity contribution >= 4 is 28.4 Å². The fourth-order valence-electron chi connectivity index (χ4n) is 1.69. The van der Waals surface area contributed by atoms with Gasteiger partial charge in [-0.1, -0.05) is 19.8 Å². The van der Waals surface area contributed by atoms with E-state index < -0.39 is 5.95 Å². The summed E-state index contributed by atoms with van der Waals surface area (Å²) < 4.78 is 13.8. The Kier molecular flexibility index (Phi) is 7.50. The molecule has 0 saturated carbocycles. The van der Waals surface area contributed by atoms with E-state index >= 15 is 0 Å². The first-order valence-corrected chi connectivity index (χ1v) is 7.44. The summed E-state index contributed by atoms with van der Waals surface area (Å²) in [6.45, 7) is 2.82. The normalized spacial score (nSPS) is 12.4. The van der Waals surface area contributed by atoms with Crippen LogP contribution in [0.15, 0.2) is 12.1 Å². The first-order chi connectivity index (χ1) is 8.61. The zero-order chi connectivity index (χ0) is 13.4. The number of hydrogen-bond acceptors (Lipinski definition) is 3. The fourth-order valence-corrected chi connectivity index (χ4v) is 2.25. The van der Waals surface area contributed by atoms with Crippen molar-refractivity contribution in [1.29, 1.82) is 0 Å². The Balaban J connectivity index is 2.21. The molecule has 102 valence electrons. The molecule has 0 amide bonds. The smallest absolute Gasteiger partial charge is 0.215 e. The van der Waals surface area contributed by atoms with Crippen molar-refractivity contribution in [1.82, 2.24) is 4.98 Å². The summed E-state index contributed by atoms with van der Waals surface area (Å²) in [6.07, 6.45) is 4.47. The Hall–Kier alpha value is -0.430. The molecule has 1 aromatic rings. The predicted molar refractivity (Wildman–Crippen MR) is 80.2 cm³/mol. The molecule has 0 fully saturated rings. The molecule has 1 atom stereocenters. The van der Waals surface area contributed by atoms with E-state index in [0.29, 0.717) is 12.4 Å². The Morgan fingerprint density at radius 2 is 2.11 bits per heavy atom. The maximum atomic E-state index is 13.0. The number of pyridine rings is 1. The van der Waals surface area contributed by atoms with Gasteiger partial charge in [-0.25, -0.2) is 4.98 Å². The van der Waals surface area contributed by atoms with Gasteiger partial charge in [-0.2, -0.15) is 4.39 Å². The van der Waals surface area contributed by atoms with E-state index in [2.05, 4.69) is 39.8 Å². The Bertz CT molecular complexity index is 343. The molecule has 2 N–H and O–H groups in total. The van der Waals surface area contributed by atoms with Crippen molar-refractivity contribution in [2.24, 2.45) is 0 Å². The van der Waals surface area contributed by atoms with Crippen LogP contribution in [0.4, 0.5) is 10.2 Å². The summed E-state index contributed by atoms with van der Waals surface area (Å²) in [5.41, 5.74) is 0. The molecule has 0 spiro atoms. The maximum absolute atomic E-state index is 13.0. The highest BCUT2D eigenvalue weighted by Crippen LogP contribution is 2.12. The van der Waals surface area contributed by atoms with Gasteiger partial charge in [0.2, 0.25) is 5.95 Å². The number of aliphatic hydroxyl groups excluding tert-OH is 1. The van der Waals surface area contributed by atoms with Crippen LogP contribution in [-0.2, 0) is 0 Å². The zero-order valence-corrected chi connectivity index (χ0v) is 12.8. The zero-order valence-electron chi connectivity index (χ0n) is 10.6. The molecule has 5 heteroatoms. The van der Waals surface area contributed by atoms with Crippen LogP contribution in [-0.4, -0.2) is 22.7 Å². The number of rotatable bonds is 8. The highest BCUT2D eigenvalue weighted by Gasteiger charge is 2.04. The van der Waals surface area contributed by atoms with E-state index in [1.165, 1.54) is 6.07 Å². The van der Waals surface area contributed by atoms with Crippen LogP contribution in [0.1, 0.15) is 39.0 Å². The number of unbranched alkanes of at least 4 members (excludes halogenated alkanes) is 1. The maximum Gasteiger partial charge on any atom is 0.215 e. The summed E-state index contributed by atoms with van der Waals surface area (Å²) in [7, 11) is 0. The van der Waals surface area contributed by atoms with Crippen LogP contribution in [0.5, 0.6) is 0 Å². The summed E-state index contributed by atoms with van der Waals surface area (Å²) >= 11 is 2.06. The highest BCUT2D eigenvalue weighted by atomic mass is 127. The Morgan fingerprint density at radius 3 is 2.78 bits per heavy atom. The number of hydrogen-bond donors (Lipinski definition) is 2. The minimum atomic E-state index is -0.465. The first-order valence-electron chi connectivity index (χ1n) is 6.37. The second-order valence-electron chi connectivity index (χ2n) is 4.36. The van der Waals surface area contributed by atoms with Crippen molar-refractivity contribution in [2.75, 3.05) is 11.9 Å². The molecule has 1 unspecified atom stereocenters. The number of aliphatic hydroxyl groups is 1. The largest absolute Gasteiger partial charge is 0.393 e.